The second-order valence-corrected chi connectivity index (χ2v) is 3.96. The van der Waals surface area contributed by atoms with Crippen molar-refractivity contribution in [2.24, 2.45) is 5.73 Å². The maximum absolute atomic E-state index is 14.0. The fraction of sp³-hybridized carbons (Fsp3) is 0.500. The first-order valence-electron chi connectivity index (χ1n) is 5.28. The van der Waals surface area contributed by atoms with E-state index in [1.807, 2.05) is 6.92 Å². The van der Waals surface area contributed by atoms with E-state index in [2.05, 4.69) is 0 Å². The molecule has 0 fully saturated rings. The number of nitrogens with two attached hydrogens (primary N) is 1. The van der Waals surface area contributed by atoms with Gasteiger partial charge in [0, 0.05) is 0 Å². The summed E-state index contributed by atoms with van der Waals surface area (Å²) < 4.78 is 18.8. The average Bonchev–Trinajstić information content (AvgIpc) is 2.24. The highest BCUT2D eigenvalue weighted by Gasteiger charge is 2.19. The Morgan fingerprint density at radius 3 is 2.69 bits per heavy atom. The number of hydrogen-bond acceptors (Lipinski definition) is 3. The fourth-order valence-electron chi connectivity index (χ4n) is 1.73. The van der Waals surface area contributed by atoms with Crippen molar-refractivity contribution in [1.82, 2.24) is 0 Å². The maximum Gasteiger partial charge on any atom is 0.197 e. The van der Waals surface area contributed by atoms with Crippen LogP contribution in [0.15, 0.2) is 6.07 Å². The molecule has 0 bridgehead atoms. The summed E-state index contributed by atoms with van der Waals surface area (Å²) in [5.41, 5.74) is 6.60. The number of methoxy groups -OCH3 is 1. The smallest absolute Gasteiger partial charge is 0.197 e. The zero-order valence-corrected chi connectivity index (χ0v) is 9.88. The number of phenols is 1. The molecule has 3 N–H and O–H groups in total. The summed E-state index contributed by atoms with van der Waals surface area (Å²) in [5, 5.41) is 9.62. The van der Waals surface area contributed by atoms with Crippen LogP contribution in [0.3, 0.4) is 0 Å². The molecule has 0 amide bonds. The van der Waals surface area contributed by atoms with E-state index in [1.165, 1.54) is 7.11 Å². The van der Waals surface area contributed by atoms with E-state index in [0.717, 1.165) is 0 Å². The van der Waals surface area contributed by atoms with Gasteiger partial charge in [-0.1, -0.05) is 6.92 Å². The van der Waals surface area contributed by atoms with Gasteiger partial charge in [-0.15, -0.1) is 0 Å². The first-order valence-corrected chi connectivity index (χ1v) is 5.28. The Balaban J connectivity index is 3.25. The zero-order valence-electron chi connectivity index (χ0n) is 9.88. The Labute approximate surface area is 95.0 Å². The highest BCUT2D eigenvalue weighted by molar-refractivity contribution is 5.50. The molecule has 90 valence electrons. The molecule has 0 aliphatic rings. The SMILES string of the molecule is COc1c(O)c(C)cc(C(C)CCN)c1F. The molecule has 0 spiro atoms. The van der Waals surface area contributed by atoms with Crippen LogP contribution in [0.4, 0.5) is 4.39 Å². The van der Waals surface area contributed by atoms with Gasteiger partial charge < -0.3 is 15.6 Å². The Morgan fingerprint density at radius 2 is 2.19 bits per heavy atom. The van der Waals surface area contributed by atoms with Crippen molar-refractivity contribution in [1.29, 1.82) is 0 Å². The van der Waals surface area contributed by atoms with Crippen molar-refractivity contribution in [3.63, 3.8) is 0 Å². The van der Waals surface area contributed by atoms with Gasteiger partial charge in [0.05, 0.1) is 7.11 Å². The third kappa shape index (κ3) is 2.27. The van der Waals surface area contributed by atoms with E-state index in [1.54, 1.807) is 13.0 Å². The van der Waals surface area contributed by atoms with Crippen LogP contribution in [-0.2, 0) is 0 Å². The van der Waals surface area contributed by atoms with E-state index in [9.17, 15) is 9.50 Å². The molecule has 16 heavy (non-hydrogen) atoms. The lowest BCUT2D eigenvalue weighted by Gasteiger charge is -2.16. The Morgan fingerprint density at radius 1 is 1.56 bits per heavy atom. The lowest BCUT2D eigenvalue weighted by Crippen LogP contribution is -2.07. The molecule has 0 heterocycles. The molecule has 1 unspecified atom stereocenters. The van der Waals surface area contributed by atoms with Crippen molar-refractivity contribution < 1.29 is 14.2 Å². The number of ether oxygens (including phenoxy) is 1. The number of hydrogen-bond donors (Lipinski definition) is 2. The molecule has 0 radical (unpaired) electrons. The van der Waals surface area contributed by atoms with Crippen LogP contribution in [0.5, 0.6) is 11.5 Å². The van der Waals surface area contributed by atoms with Crippen LogP contribution < -0.4 is 10.5 Å². The number of phenolic OH excluding ortho intramolecular Hbond substituents is 1. The van der Waals surface area contributed by atoms with Gasteiger partial charge in [-0.25, -0.2) is 4.39 Å². The summed E-state index contributed by atoms with van der Waals surface area (Å²) in [6, 6.07) is 1.65. The number of aryl methyl sites for hydroxylation is 1. The molecule has 1 rings (SSSR count). The lowest BCUT2D eigenvalue weighted by atomic mass is 9.95. The molecule has 1 atom stereocenters. The van der Waals surface area contributed by atoms with Gasteiger partial charge in [0.2, 0.25) is 0 Å². The summed E-state index contributed by atoms with van der Waals surface area (Å²) in [4.78, 5) is 0. The minimum Gasteiger partial charge on any atom is -0.504 e. The summed E-state index contributed by atoms with van der Waals surface area (Å²) >= 11 is 0. The van der Waals surface area contributed by atoms with Crippen LogP contribution >= 0.6 is 0 Å². The number of rotatable bonds is 4. The van der Waals surface area contributed by atoms with Crippen molar-refractivity contribution >= 4 is 0 Å². The van der Waals surface area contributed by atoms with Crippen LogP contribution in [0.2, 0.25) is 0 Å². The normalized spacial score (nSPS) is 12.6. The summed E-state index contributed by atoms with van der Waals surface area (Å²) in [6.07, 6.45) is 0.699. The molecule has 4 heteroatoms. The number of aromatic hydroxyl groups is 1. The quantitative estimate of drug-likeness (QED) is 0.829. The molecule has 0 aromatic heterocycles. The molecular weight excluding hydrogens is 209 g/mol. The highest BCUT2D eigenvalue weighted by Crippen LogP contribution is 2.37. The highest BCUT2D eigenvalue weighted by atomic mass is 19.1. The van der Waals surface area contributed by atoms with Crippen molar-refractivity contribution in [3.8, 4) is 11.5 Å². The van der Waals surface area contributed by atoms with Gasteiger partial charge in [0.1, 0.15) is 0 Å². The minimum absolute atomic E-state index is 0.0122. The molecule has 1 aromatic carbocycles. The van der Waals surface area contributed by atoms with Gasteiger partial charge in [-0.05, 0) is 43.0 Å². The summed E-state index contributed by atoms with van der Waals surface area (Å²) in [6.45, 7) is 4.13. The topological polar surface area (TPSA) is 55.5 Å². The molecule has 0 saturated heterocycles. The van der Waals surface area contributed by atoms with Gasteiger partial charge in [-0.2, -0.15) is 0 Å². The van der Waals surface area contributed by atoms with Gasteiger partial charge in [0.15, 0.2) is 17.3 Å². The van der Waals surface area contributed by atoms with Crippen LogP contribution in [0.1, 0.15) is 30.4 Å². The van der Waals surface area contributed by atoms with E-state index in [0.29, 0.717) is 24.1 Å². The first-order chi connectivity index (χ1) is 7.52. The van der Waals surface area contributed by atoms with Gasteiger partial charge in [-0.3, -0.25) is 0 Å². The molecule has 3 nitrogen and oxygen atoms in total. The van der Waals surface area contributed by atoms with E-state index < -0.39 is 5.82 Å². The second-order valence-electron chi connectivity index (χ2n) is 3.96. The van der Waals surface area contributed by atoms with Gasteiger partial charge in [0.25, 0.3) is 0 Å². The second kappa shape index (κ2) is 5.16. The fourth-order valence-corrected chi connectivity index (χ4v) is 1.73. The Bertz CT molecular complexity index is 380. The maximum atomic E-state index is 14.0. The molecule has 0 saturated carbocycles. The minimum atomic E-state index is -0.494. The van der Waals surface area contributed by atoms with Crippen LogP contribution in [0, 0.1) is 12.7 Å². The number of benzene rings is 1. The summed E-state index contributed by atoms with van der Waals surface area (Å²) in [7, 11) is 1.34. The van der Waals surface area contributed by atoms with Crippen LogP contribution in [0.25, 0.3) is 0 Å². The third-order valence-electron chi connectivity index (χ3n) is 2.75. The average molecular weight is 227 g/mol. The van der Waals surface area contributed by atoms with E-state index in [4.69, 9.17) is 10.5 Å². The molecule has 1 aromatic rings. The van der Waals surface area contributed by atoms with E-state index in [-0.39, 0.29) is 17.4 Å². The molecule has 0 aliphatic carbocycles. The largest absolute Gasteiger partial charge is 0.504 e. The monoisotopic (exact) mass is 227 g/mol. The predicted molar refractivity (Wildman–Crippen MR) is 61.4 cm³/mol. The first kappa shape index (κ1) is 12.8. The van der Waals surface area contributed by atoms with Gasteiger partial charge >= 0.3 is 0 Å². The molecular formula is C12H18FNO2. The standard InChI is InChI=1S/C12H18FNO2/c1-7(4-5-14)9-6-8(2)11(15)12(16-3)10(9)13/h6-7,15H,4-5,14H2,1-3H3. The van der Waals surface area contributed by atoms with Crippen molar-refractivity contribution in [2.75, 3.05) is 13.7 Å². The summed E-state index contributed by atoms with van der Waals surface area (Å²) in [5.74, 6) is -0.702. The number of halogens is 1. The third-order valence-corrected chi connectivity index (χ3v) is 2.75. The molecule has 0 aliphatic heterocycles. The predicted octanol–water partition coefficient (Wildman–Crippen LogP) is 2.30. The van der Waals surface area contributed by atoms with Crippen LogP contribution in [-0.4, -0.2) is 18.8 Å². The Hall–Kier alpha value is -1.29. The Kier molecular flexibility index (Phi) is 4.12. The van der Waals surface area contributed by atoms with E-state index >= 15 is 0 Å². The zero-order chi connectivity index (χ0) is 12.3. The van der Waals surface area contributed by atoms with Crippen molar-refractivity contribution in [3.05, 3.63) is 23.0 Å². The van der Waals surface area contributed by atoms with Crippen molar-refractivity contribution in [2.45, 2.75) is 26.2 Å². The lowest BCUT2D eigenvalue weighted by molar-refractivity contribution is 0.346.